The minimum Gasteiger partial charge on any atom is -0.322 e. The number of nitrogens with zero attached hydrogens (tertiary/aromatic N) is 2. The Balaban J connectivity index is 2.21. The van der Waals surface area contributed by atoms with Crippen molar-refractivity contribution in [2.24, 2.45) is 12.8 Å². The summed E-state index contributed by atoms with van der Waals surface area (Å²) in [6.07, 6.45) is 3.11. The van der Waals surface area contributed by atoms with Crippen molar-refractivity contribution in [3.05, 3.63) is 17.5 Å². The van der Waals surface area contributed by atoms with E-state index in [1.54, 1.807) is 0 Å². The monoisotopic (exact) mass is 271 g/mol. The molecule has 1 saturated heterocycles. The summed E-state index contributed by atoms with van der Waals surface area (Å²) in [6.45, 7) is 4.36. The van der Waals surface area contributed by atoms with E-state index in [1.165, 1.54) is 29.2 Å². The Hall–Kier alpha value is -0.130. The van der Waals surface area contributed by atoms with Gasteiger partial charge in [0.2, 0.25) is 0 Å². The molecule has 1 fully saturated rings. The van der Waals surface area contributed by atoms with E-state index < -0.39 is 0 Å². The highest BCUT2D eigenvalue weighted by atomic mass is 32.2. The predicted octanol–water partition coefficient (Wildman–Crippen LogP) is 2.36. The molecule has 0 amide bonds. The Bertz CT molecular complexity index is 358. The van der Waals surface area contributed by atoms with Crippen LogP contribution in [0.15, 0.2) is 6.20 Å². The zero-order valence-corrected chi connectivity index (χ0v) is 12.4. The van der Waals surface area contributed by atoms with E-state index in [2.05, 4.69) is 30.7 Å². The maximum absolute atomic E-state index is 6.49. The fourth-order valence-electron chi connectivity index (χ4n) is 2.46. The van der Waals surface area contributed by atoms with Crippen LogP contribution in [0.5, 0.6) is 0 Å². The first-order valence-electron chi connectivity index (χ1n) is 6.12. The Morgan fingerprint density at radius 3 is 2.82 bits per heavy atom. The van der Waals surface area contributed by atoms with Crippen molar-refractivity contribution in [2.75, 3.05) is 11.5 Å². The van der Waals surface area contributed by atoms with Gasteiger partial charge in [0.25, 0.3) is 0 Å². The number of aromatic nitrogens is 2. The Morgan fingerprint density at radius 2 is 2.24 bits per heavy atom. The van der Waals surface area contributed by atoms with Crippen molar-refractivity contribution in [1.82, 2.24) is 9.78 Å². The van der Waals surface area contributed by atoms with Crippen molar-refractivity contribution in [3.8, 4) is 0 Å². The second-order valence-electron chi connectivity index (χ2n) is 4.52. The maximum atomic E-state index is 6.49. The molecule has 17 heavy (non-hydrogen) atoms. The third-order valence-electron chi connectivity index (χ3n) is 3.34. The zero-order chi connectivity index (χ0) is 12.4. The van der Waals surface area contributed by atoms with Crippen LogP contribution in [0.2, 0.25) is 0 Å². The highest BCUT2D eigenvalue weighted by Gasteiger charge is 2.32. The summed E-state index contributed by atoms with van der Waals surface area (Å²) in [5, 5.41) is 5.50. The molecule has 0 spiro atoms. The number of thioether (sulfide) groups is 2. The second kappa shape index (κ2) is 5.67. The first kappa shape index (κ1) is 13.3. The van der Waals surface area contributed by atoms with Gasteiger partial charge in [0, 0.05) is 29.1 Å². The Morgan fingerprint density at radius 1 is 1.53 bits per heavy atom. The van der Waals surface area contributed by atoms with Crippen molar-refractivity contribution in [3.63, 3.8) is 0 Å². The topological polar surface area (TPSA) is 43.8 Å². The first-order valence-corrected chi connectivity index (χ1v) is 8.22. The van der Waals surface area contributed by atoms with Crippen molar-refractivity contribution < 1.29 is 0 Å². The highest BCUT2D eigenvalue weighted by Crippen LogP contribution is 2.39. The van der Waals surface area contributed by atoms with E-state index in [4.69, 9.17) is 5.73 Å². The van der Waals surface area contributed by atoms with Crippen LogP contribution in [0.4, 0.5) is 0 Å². The Labute approximate surface area is 112 Å². The molecule has 5 heteroatoms. The van der Waals surface area contributed by atoms with Gasteiger partial charge in [-0.25, -0.2) is 0 Å². The average molecular weight is 271 g/mol. The van der Waals surface area contributed by atoms with E-state index in [1.807, 2.05) is 29.7 Å². The van der Waals surface area contributed by atoms with Crippen LogP contribution in [0.1, 0.15) is 30.6 Å². The molecular weight excluding hydrogens is 250 g/mol. The van der Waals surface area contributed by atoms with Crippen LogP contribution in [-0.4, -0.2) is 31.8 Å². The standard InChI is InChI=1S/C12H21N3S2/c1-4-9-12(17-6-5-16-9)10(13)11-8(2)7-14-15(11)3/h7,9-10,12H,4-6,13H2,1-3H3. The van der Waals surface area contributed by atoms with Gasteiger partial charge in [0.15, 0.2) is 0 Å². The summed E-state index contributed by atoms with van der Waals surface area (Å²) >= 11 is 4.11. The van der Waals surface area contributed by atoms with Gasteiger partial charge >= 0.3 is 0 Å². The molecule has 1 aromatic heterocycles. The quantitative estimate of drug-likeness (QED) is 0.916. The van der Waals surface area contributed by atoms with Crippen LogP contribution in [0.25, 0.3) is 0 Å². The lowest BCUT2D eigenvalue weighted by Crippen LogP contribution is -2.36. The summed E-state index contributed by atoms with van der Waals surface area (Å²) in [7, 11) is 1.99. The zero-order valence-electron chi connectivity index (χ0n) is 10.7. The van der Waals surface area contributed by atoms with Gasteiger partial charge in [-0.1, -0.05) is 6.92 Å². The largest absolute Gasteiger partial charge is 0.322 e. The molecule has 0 aliphatic carbocycles. The molecule has 3 nitrogen and oxygen atoms in total. The first-order chi connectivity index (χ1) is 8.15. The molecule has 0 saturated carbocycles. The third-order valence-corrected chi connectivity index (χ3v) is 6.71. The lowest BCUT2D eigenvalue weighted by Gasteiger charge is -2.34. The van der Waals surface area contributed by atoms with Gasteiger partial charge in [0.05, 0.1) is 17.9 Å². The molecule has 96 valence electrons. The molecule has 1 aliphatic heterocycles. The summed E-state index contributed by atoms with van der Waals surface area (Å²) in [6, 6.07) is 0.102. The van der Waals surface area contributed by atoms with E-state index in [0.717, 1.165) is 0 Å². The molecule has 1 aliphatic rings. The highest BCUT2D eigenvalue weighted by molar-refractivity contribution is 8.07. The summed E-state index contributed by atoms with van der Waals surface area (Å²) in [4.78, 5) is 0. The molecule has 2 heterocycles. The average Bonchev–Trinajstić information content (AvgIpc) is 2.68. The Kier molecular flexibility index (Phi) is 4.44. The molecule has 2 N–H and O–H groups in total. The number of hydrogen-bond acceptors (Lipinski definition) is 4. The fourth-order valence-corrected chi connectivity index (χ4v) is 5.62. The number of aryl methyl sites for hydroxylation is 2. The molecular formula is C12H21N3S2. The van der Waals surface area contributed by atoms with Crippen LogP contribution < -0.4 is 5.73 Å². The van der Waals surface area contributed by atoms with Gasteiger partial charge in [-0.15, -0.1) is 0 Å². The lowest BCUT2D eigenvalue weighted by molar-refractivity contribution is 0.572. The van der Waals surface area contributed by atoms with E-state index in [0.29, 0.717) is 10.5 Å². The smallest absolute Gasteiger partial charge is 0.0600 e. The summed E-state index contributed by atoms with van der Waals surface area (Å²) in [5.74, 6) is 2.48. The number of nitrogens with two attached hydrogens (primary N) is 1. The summed E-state index contributed by atoms with van der Waals surface area (Å²) < 4.78 is 1.94. The normalized spacial score (nSPS) is 27.1. The van der Waals surface area contributed by atoms with E-state index in [9.17, 15) is 0 Å². The minimum atomic E-state index is 0.102. The third kappa shape index (κ3) is 2.66. The van der Waals surface area contributed by atoms with Crippen LogP contribution >= 0.6 is 23.5 Å². The molecule has 3 atom stereocenters. The minimum absolute atomic E-state index is 0.102. The van der Waals surface area contributed by atoms with Crippen LogP contribution in [0.3, 0.4) is 0 Å². The van der Waals surface area contributed by atoms with Gasteiger partial charge < -0.3 is 5.73 Å². The molecule has 3 unspecified atom stereocenters. The predicted molar refractivity (Wildman–Crippen MR) is 77.7 cm³/mol. The number of rotatable bonds is 3. The van der Waals surface area contributed by atoms with Gasteiger partial charge in [-0.05, 0) is 18.9 Å². The number of hydrogen-bond donors (Lipinski definition) is 1. The fraction of sp³-hybridized carbons (Fsp3) is 0.750. The van der Waals surface area contributed by atoms with E-state index in [-0.39, 0.29) is 6.04 Å². The van der Waals surface area contributed by atoms with Crippen molar-refractivity contribution >= 4 is 23.5 Å². The van der Waals surface area contributed by atoms with Gasteiger partial charge in [0.1, 0.15) is 0 Å². The van der Waals surface area contributed by atoms with Crippen LogP contribution in [-0.2, 0) is 7.05 Å². The van der Waals surface area contributed by atoms with Crippen molar-refractivity contribution in [2.45, 2.75) is 36.8 Å². The maximum Gasteiger partial charge on any atom is 0.0600 e. The molecule has 0 radical (unpaired) electrons. The molecule has 0 bridgehead atoms. The van der Waals surface area contributed by atoms with Gasteiger partial charge in [-0.3, -0.25) is 4.68 Å². The second-order valence-corrected chi connectivity index (χ2v) is 7.15. The van der Waals surface area contributed by atoms with Crippen LogP contribution in [0, 0.1) is 6.92 Å². The SMILES string of the molecule is CCC1SCCSC1C(N)c1c(C)cnn1C. The van der Waals surface area contributed by atoms with E-state index >= 15 is 0 Å². The summed E-state index contributed by atoms with van der Waals surface area (Å²) in [5.41, 5.74) is 8.90. The lowest BCUT2D eigenvalue weighted by atomic mass is 10.0. The van der Waals surface area contributed by atoms with Gasteiger partial charge in [-0.2, -0.15) is 28.6 Å². The molecule has 2 rings (SSSR count). The molecule has 1 aromatic rings. The molecule has 0 aromatic carbocycles. The van der Waals surface area contributed by atoms with Crippen molar-refractivity contribution in [1.29, 1.82) is 0 Å².